The van der Waals surface area contributed by atoms with Crippen LogP contribution in [0, 0.1) is 0 Å². The summed E-state index contributed by atoms with van der Waals surface area (Å²) in [6, 6.07) is 26.1. The highest BCUT2D eigenvalue weighted by Gasteiger charge is 2.30. The van der Waals surface area contributed by atoms with E-state index >= 15 is 0 Å². The molecule has 0 saturated carbocycles. The van der Waals surface area contributed by atoms with Gasteiger partial charge in [-0.2, -0.15) is 5.10 Å². The summed E-state index contributed by atoms with van der Waals surface area (Å²) < 4.78 is 1.04. The summed E-state index contributed by atoms with van der Waals surface area (Å²) in [6.45, 7) is 0. The molecule has 5 rings (SSSR count). The molecule has 0 spiro atoms. The van der Waals surface area contributed by atoms with E-state index in [2.05, 4.69) is 62.6 Å². The first-order chi connectivity index (χ1) is 16.0. The molecular formula is C26H19BrCl2N4. The van der Waals surface area contributed by atoms with E-state index in [4.69, 9.17) is 28.3 Å². The summed E-state index contributed by atoms with van der Waals surface area (Å²) in [7, 11) is 0. The minimum Gasteiger partial charge on any atom is -0.355 e. The van der Waals surface area contributed by atoms with E-state index in [1.54, 1.807) is 18.5 Å². The summed E-state index contributed by atoms with van der Waals surface area (Å²) in [6.07, 6.45) is 4.29. The molecule has 0 bridgehead atoms. The first-order valence-electron chi connectivity index (χ1n) is 10.4. The van der Waals surface area contributed by atoms with Crippen LogP contribution >= 0.6 is 39.1 Å². The van der Waals surface area contributed by atoms with Gasteiger partial charge in [0.2, 0.25) is 0 Å². The van der Waals surface area contributed by atoms with E-state index in [1.807, 2.05) is 41.4 Å². The lowest BCUT2D eigenvalue weighted by atomic mass is 9.98. The highest BCUT2D eigenvalue weighted by atomic mass is 79.9. The Morgan fingerprint density at radius 1 is 0.848 bits per heavy atom. The second-order valence-electron chi connectivity index (χ2n) is 7.73. The third-order valence-corrected chi connectivity index (χ3v) is 6.41. The van der Waals surface area contributed by atoms with Gasteiger partial charge in [0.1, 0.15) is 0 Å². The third-order valence-electron chi connectivity index (χ3n) is 5.44. The Kier molecular flexibility index (Phi) is 6.36. The van der Waals surface area contributed by atoms with Gasteiger partial charge >= 0.3 is 0 Å². The average molecular weight is 538 g/mol. The number of hydrogen-bond donors (Lipinski definition) is 1. The molecule has 33 heavy (non-hydrogen) atoms. The van der Waals surface area contributed by atoms with Crippen molar-refractivity contribution < 1.29 is 0 Å². The predicted octanol–water partition coefficient (Wildman–Crippen LogP) is 8.25. The molecule has 7 heteroatoms. The molecule has 0 aliphatic carbocycles. The maximum atomic E-state index is 6.32. The number of anilines is 3. The lowest BCUT2D eigenvalue weighted by Crippen LogP contribution is -2.18. The second kappa shape index (κ2) is 9.56. The molecule has 1 aliphatic heterocycles. The smallest absolute Gasteiger partial charge is 0.0831 e. The van der Waals surface area contributed by atoms with Crippen molar-refractivity contribution in [3.8, 4) is 0 Å². The maximum absolute atomic E-state index is 6.32. The highest BCUT2D eigenvalue weighted by molar-refractivity contribution is 9.10. The molecule has 1 aliphatic rings. The molecule has 4 aromatic rings. The molecule has 164 valence electrons. The zero-order valence-corrected chi connectivity index (χ0v) is 20.5. The lowest BCUT2D eigenvalue weighted by molar-refractivity contribution is 0.709. The van der Waals surface area contributed by atoms with Crippen LogP contribution in [0.5, 0.6) is 0 Å². The van der Waals surface area contributed by atoms with Gasteiger partial charge in [0, 0.05) is 44.7 Å². The third kappa shape index (κ3) is 5.06. The van der Waals surface area contributed by atoms with Crippen molar-refractivity contribution in [2.24, 2.45) is 5.10 Å². The van der Waals surface area contributed by atoms with E-state index in [9.17, 15) is 0 Å². The summed E-state index contributed by atoms with van der Waals surface area (Å²) in [5, 5.41) is 11.6. The van der Waals surface area contributed by atoms with Crippen molar-refractivity contribution in [2.45, 2.75) is 12.5 Å². The minimum absolute atomic E-state index is 0.0273. The van der Waals surface area contributed by atoms with E-state index in [1.165, 1.54) is 5.56 Å². The zero-order valence-electron chi connectivity index (χ0n) is 17.4. The molecule has 1 N–H and O–H groups in total. The van der Waals surface area contributed by atoms with Gasteiger partial charge in [-0.05, 0) is 65.7 Å². The number of aromatic nitrogens is 1. The molecule has 3 aromatic carbocycles. The lowest BCUT2D eigenvalue weighted by Gasteiger charge is -2.24. The van der Waals surface area contributed by atoms with Crippen LogP contribution in [0.2, 0.25) is 10.0 Å². The normalized spacial score (nSPS) is 15.4. The molecule has 1 atom stereocenters. The largest absolute Gasteiger partial charge is 0.355 e. The summed E-state index contributed by atoms with van der Waals surface area (Å²) >= 11 is 16.2. The quantitative estimate of drug-likeness (QED) is 0.278. The SMILES string of the molecule is Clc1cc(Cl)cc(N2N=C(c3cccc(Nc4ccncc4)c3)CC2c2ccc(Br)cc2)c1. The number of halogens is 3. The Hall–Kier alpha value is -2.86. The number of pyridine rings is 1. The van der Waals surface area contributed by atoms with Gasteiger partial charge in [-0.15, -0.1) is 0 Å². The standard InChI is InChI=1S/C26H19BrCl2N4/c27-19-6-4-17(5-7-19)26-16-25(32-33(26)24-14-20(28)13-21(29)15-24)18-2-1-3-23(12-18)31-22-8-10-30-11-9-22/h1-15,26H,16H2,(H,30,31). The van der Waals surface area contributed by atoms with Crippen molar-refractivity contribution in [3.05, 3.63) is 117 Å². The van der Waals surface area contributed by atoms with E-state index < -0.39 is 0 Å². The number of hydrazone groups is 1. The Morgan fingerprint density at radius 2 is 1.58 bits per heavy atom. The minimum atomic E-state index is 0.0273. The number of nitrogens with one attached hydrogen (secondary N) is 1. The van der Waals surface area contributed by atoms with Gasteiger partial charge in [-0.25, -0.2) is 0 Å². The fraction of sp³-hybridized carbons (Fsp3) is 0.0769. The Bertz CT molecular complexity index is 1290. The topological polar surface area (TPSA) is 40.5 Å². The molecule has 4 nitrogen and oxygen atoms in total. The van der Waals surface area contributed by atoms with Crippen LogP contribution in [0.25, 0.3) is 0 Å². The zero-order chi connectivity index (χ0) is 22.8. The first kappa shape index (κ1) is 22.0. The van der Waals surface area contributed by atoms with Gasteiger partial charge in [-0.1, -0.05) is 63.4 Å². The number of rotatable bonds is 5. The Labute approximate surface area is 211 Å². The second-order valence-corrected chi connectivity index (χ2v) is 9.52. The molecule has 1 aromatic heterocycles. The molecule has 1 unspecified atom stereocenters. The van der Waals surface area contributed by atoms with Crippen molar-refractivity contribution in [1.29, 1.82) is 0 Å². The van der Waals surface area contributed by atoms with Gasteiger partial charge in [0.15, 0.2) is 0 Å². The molecule has 0 radical (unpaired) electrons. The van der Waals surface area contributed by atoms with Crippen molar-refractivity contribution in [1.82, 2.24) is 4.98 Å². The number of benzene rings is 3. The van der Waals surface area contributed by atoms with Crippen LogP contribution in [0.3, 0.4) is 0 Å². The Balaban J connectivity index is 1.51. The van der Waals surface area contributed by atoms with E-state index in [0.717, 1.165) is 39.2 Å². The van der Waals surface area contributed by atoms with Crippen LogP contribution in [-0.4, -0.2) is 10.7 Å². The van der Waals surface area contributed by atoms with Gasteiger partial charge < -0.3 is 5.32 Å². The van der Waals surface area contributed by atoms with Gasteiger partial charge in [-0.3, -0.25) is 9.99 Å². The average Bonchev–Trinajstić information content (AvgIpc) is 3.26. The van der Waals surface area contributed by atoms with E-state index in [0.29, 0.717) is 10.0 Å². The van der Waals surface area contributed by atoms with Gasteiger partial charge in [0.05, 0.1) is 17.4 Å². The van der Waals surface area contributed by atoms with Crippen LogP contribution in [0.4, 0.5) is 17.1 Å². The van der Waals surface area contributed by atoms with Crippen molar-refractivity contribution in [3.63, 3.8) is 0 Å². The number of hydrogen-bond acceptors (Lipinski definition) is 4. The van der Waals surface area contributed by atoms with Gasteiger partial charge in [0.25, 0.3) is 0 Å². The van der Waals surface area contributed by atoms with Crippen molar-refractivity contribution >= 4 is 61.9 Å². The predicted molar refractivity (Wildman–Crippen MR) is 141 cm³/mol. The van der Waals surface area contributed by atoms with Crippen LogP contribution in [0.1, 0.15) is 23.6 Å². The molecule has 0 fully saturated rings. The first-order valence-corrected chi connectivity index (χ1v) is 12.0. The molecule has 0 saturated heterocycles. The van der Waals surface area contributed by atoms with E-state index in [-0.39, 0.29) is 6.04 Å². The molecule has 2 heterocycles. The van der Waals surface area contributed by atoms with Crippen LogP contribution in [0.15, 0.2) is 101 Å². The number of nitrogens with zero attached hydrogens (tertiary/aromatic N) is 3. The molecular weight excluding hydrogens is 519 g/mol. The fourth-order valence-corrected chi connectivity index (χ4v) is 4.70. The summed E-state index contributed by atoms with van der Waals surface area (Å²) in [4.78, 5) is 4.07. The highest BCUT2D eigenvalue weighted by Crippen LogP contribution is 2.39. The fourth-order valence-electron chi connectivity index (χ4n) is 3.92. The van der Waals surface area contributed by atoms with Crippen LogP contribution < -0.4 is 10.3 Å². The maximum Gasteiger partial charge on any atom is 0.0831 e. The summed E-state index contributed by atoms with van der Waals surface area (Å²) in [5.41, 5.74) is 6.06. The molecule has 0 amide bonds. The van der Waals surface area contributed by atoms with Crippen molar-refractivity contribution in [2.75, 3.05) is 10.3 Å². The Morgan fingerprint density at radius 3 is 2.30 bits per heavy atom. The monoisotopic (exact) mass is 536 g/mol. The van der Waals surface area contributed by atoms with Crippen LogP contribution in [-0.2, 0) is 0 Å². The summed E-state index contributed by atoms with van der Waals surface area (Å²) in [5.74, 6) is 0.